The molecule has 0 saturated carbocycles. The lowest BCUT2D eigenvalue weighted by molar-refractivity contribution is 0.0946. The number of rotatable bonds is 7. The Morgan fingerprint density at radius 2 is 2.09 bits per heavy atom. The van der Waals surface area contributed by atoms with Crippen molar-refractivity contribution in [3.05, 3.63) is 77.5 Å². The first-order valence-electron chi connectivity index (χ1n) is 11.0. The molecule has 3 heterocycles. The Bertz CT molecular complexity index is 1240. The van der Waals surface area contributed by atoms with Gasteiger partial charge in [-0.1, -0.05) is 6.07 Å². The summed E-state index contributed by atoms with van der Waals surface area (Å²) in [7, 11) is 0. The van der Waals surface area contributed by atoms with Crippen LogP contribution >= 0.6 is 0 Å². The topological polar surface area (TPSA) is 108 Å². The van der Waals surface area contributed by atoms with Crippen molar-refractivity contribution in [1.82, 2.24) is 31.0 Å². The Kier molecular flexibility index (Phi) is 6.03. The molecule has 5 rings (SSSR count). The summed E-state index contributed by atoms with van der Waals surface area (Å²) >= 11 is 0. The van der Waals surface area contributed by atoms with Gasteiger partial charge in [0.1, 0.15) is 11.6 Å². The quantitative estimate of drug-likeness (QED) is 0.348. The number of ether oxygens (including phenoxy) is 1. The van der Waals surface area contributed by atoms with Gasteiger partial charge in [0.05, 0.1) is 36.1 Å². The summed E-state index contributed by atoms with van der Waals surface area (Å²) in [4.78, 5) is 12.6. The highest BCUT2D eigenvalue weighted by atomic mass is 19.1. The standard InChI is InChI=1S/C24H25FN6O2/c25-22-3-1-15(10-21(22)24(32)27-13-18-5-8-28-30-18)20-6-7-26-11-17(20)14-33-19-2-4-23-16(9-19)12-29-31-23/h1-5,8-10,12,17,20,26H,6-7,11,13-14H2,(H,27,32)(H,28,30)(H,29,31)/t17-,20-/m0/s1. The number of hydrogen-bond donors (Lipinski definition) is 4. The molecule has 0 bridgehead atoms. The van der Waals surface area contributed by atoms with E-state index in [4.69, 9.17) is 4.74 Å². The van der Waals surface area contributed by atoms with E-state index in [-0.39, 0.29) is 23.9 Å². The number of fused-ring (bicyclic) bond motifs is 1. The van der Waals surface area contributed by atoms with E-state index in [1.165, 1.54) is 6.07 Å². The van der Waals surface area contributed by atoms with Gasteiger partial charge in [0.25, 0.3) is 5.91 Å². The molecule has 0 aliphatic carbocycles. The van der Waals surface area contributed by atoms with Crippen LogP contribution in [0.4, 0.5) is 4.39 Å². The maximum Gasteiger partial charge on any atom is 0.254 e. The summed E-state index contributed by atoms with van der Waals surface area (Å²) in [6.07, 6.45) is 4.26. The average molecular weight is 449 g/mol. The Labute approximate surface area is 189 Å². The number of piperidine rings is 1. The molecule has 1 fully saturated rings. The predicted molar refractivity (Wildman–Crippen MR) is 121 cm³/mol. The number of aromatic nitrogens is 4. The second-order valence-electron chi connectivity index (χ2n) is 8.29. The second-order valence-corrected chi connectivity index (χ2v) is 8.29. The zero-order valence-corrected chi connectivity index (χ0v) is 18.0. The van der Waals surface area contributed by atoms with Crippen molar-refractivity contribution in [1.29, 1.82) is 0 Å². The first-order chi connectivity index (χ1) is 16.2. The number of carbonyl (C=O) groups is 1. The molecule has 0 spiro atoms. The number of hydrogen-bond acceptors (Lipinski definition) is 5. The average Bonchev–Trinajstić information content (AvgIpc) is 3.53. The number of nitrogens with zero attached hydrogens (tertiary/aromatic N) is 2. The van der Waals surface area contributed by atoms with Gasteiger partial charge in [-0.05, 0) is 60.8 Å². The van der Waals surface area contributed by atoms with Gasteiger partial charge in [-0.25, -0.2) is 4.39 Å². The smallest absolute Gasteiger partial charge is 0.254 e. The molecule has 2 atom stereocenters. The van der Waals surface area contributed by atoms with Crippen LogP contribution in [0.3, 0.4) is 0 Å². The van der Waals surface area contributed by atoms with E-state index in [0.29, 0.717) is 6.61 Å². The van der Waals surface area contributed by atoms with Crippen LogP contribution in [-0.2, 0) is 6.54 Å². The van der Waals surface area contributed by atoms with Crippen LogP contribution in [0, 0.1) is 11.7 Å². The Morgan fingerprint density at radius 1 is 1.15 bits per heavy atom. The van der Waals surface area contributed by atoms with Gasteiger partial charge >= 0.3 is 0 Å². The van der Waals surface area contributed by atoms with Crippen LogP contribution in [-0.4, -0.2) is 46.0 Å². The minimum Gasteiger partial charge on any atom is -0.493 e. The minimum absolute atomic E-state index is 0.0515. The molecule has 0 radical (unpaired) electrons. The number of carbonyl (C=O) groups excluding carboxylic acids is 1. The number of aromatic amines is 2. The van der Waals surface area contributed by atoms with Crippen molar-refractivity contribution >= 4 is 16.8 Å². The molecule has 1 saturated heterocycles. The fourth-order valence-electron chi connectivity index (χ4n) is 4.35. The molecule has 9 heteroatoms. The minimum atomic E-state index is -0.531. The molecular weight excluding hydrogens is 423 g/mol. The zero-order chi connectivity index (χ0) is 22.6. The van der Waals surface area contributed by atoms with Crippen LogP contribution in [0.25, 0.3) is 10.9 Å². The van der Waals surface area contributed by atoms with Crippen molar-refractivity contribution < 1.29 is 13.9 Å². The predicted octanol–water partition coefficient (Wildman–Crippen LogP) is 3.13. The second kappa shape index (κ2) is 9.41. The first kappa shape index (κ1) is 21.1. The van der Waals surface area contributed by atoms with Gasteiger partial charge < -0.3 is 15.4 Å². The molecule has 0 unspecified atom stereocenters. The van der Waals surface area contributed by atoms with E-state index < -0.39 is 11.7 Å². The lowest BCUT2D eigenvalue weighted by Crippen LogP contribution is -2.38. The molecule has 2 aromatic heterocycles. The lowest BCUT2D eigenvalue weighted by atomic mass is 9.81. The van der Waals surface area contributed by atoms with Crippen LogP contribution in [0.5, 0.6) is 5.75 Å². The number of benzene rings is 2. The van der Waals surface area contributed by atoms with E-state index in [0.717, 1.165) is 47.4 Å². The van der Waals surface area contributed by atoms with Gasteiger partial charge in [0, 0.05) is 24.0 Å². The zero-order valence-electron chi connectivity index (χ0n) is 18.0. The van der Waals surface area contributed by atoms with Crippen molar-refractivity contribution in [2.24, 2.45) is 5.92 Å². The summed E-state index contributed by atoms with van der Waals surface area (Å²) in [5, 5.41) is 20.8. The number of nitrogens with one attached hydrogen (secondary N) is 4. The Balaban J connectivity index is 1.29. The third kappa shape index (κ3) is 4.73. The fraction of sp³-hybridized carbons (Fsp3) is 0.292. The summed E-state index contributed by atoms with van der Waals surface area (Å²) in [5.41, 5.74) is 2.72. The number of halogens is 1. The van der Waals surface area contributed by atoms with Crippen LogP contribution in [0.15, 0.2) is 54.9 Å². The fourth-order valence-corrected chi connectivity index (χ4v) is 4.35. The maximum absolute atomic E-state index is 14.5. The highest BCUT2D eigenvalue weighted by Gasteiger charge is 2.28. The highest BCUT2D eigenvalue weighted by Crippen LogP contribution is 2.32. The molecule has 170 valence electrons. The van der Waals surface area contributed by atoms with E-state index in [2.05, 4.69) is 31.0 Å². The maximum atomic E-state index is 14.5. The monoisotopic (exact) mass is 448 g/mol. The molecule has 1 aliphatic heterocycles. The molecule has 4 N–H and O–H groups in total. The van der Waals surface area contributed by atoms with E-state index in [1.54, 1.807) is 30.6 Å². The third-order valence-corrected chi connectivity index (χ3v) is 6.14. The lowest BCUT2D eigenvalue weighted by Gasteiger charge is -2.32. The van der Waals surface area contributed by atoms with Gasteiger partial charge in [0.15, 0.2) is 0 Å². The van der Waals surface area contributed by atoms with Gasteiger partial charge in [-0.15, -0.1) is 0 Å². The van der Waals surface area contributed by atoms with Gasteiger partial charge in [-0.2, -0.15) is 10.2 Å². The first-order valence-corrected chi connectivity index (χ1v) is 11.0. The Morgan fingerprint density at radius 3 is 2.97 bits per heavy atom. The molecule has 1 aliphatic rings. The van der Waals surface area contributed by atoms with Crippen LogP contribution in [0.1, 0.15) is 34.0 Å². The molecule has 33 heavy (non-hydrogen) atoms. The summed E-state index contributed by atoms with van der Waals surface area (Å²) in [6.45, 7) is 2.42. The number of H-pyrrole nitrogens is 2. The normalized spacial score (nSPS) is 18.3. The van der Waals surface area contributed by atoms with E-state index in [9.17, 15) is 9.18 Å². The van der Waals surface area contributed by atoms with Crippen LogP contribution in [0.2, 0.25) is 0 Å². The molecule has 2 aromatic carbocycles. The molecule has 1 amide bonds. The van der Waals surface area contributed by atoms with Crippen molar-refractivity contribution in [3.63, 3.8) is 0 Å². The Hall–Kier alpha value is -3.72. The van der Waals surface area contributed by atoms with Crippen molar-refractivity contribution in [2.45, 2.75) is 18.9 Å². The number of amides is 1. The molecular formula is C24H25FN6O2. The summed E-state index contributed by atoms with van der Waals surface area (Å²) in [5.74, 6) is 0.148. The SMILES string of the molecule is O=C(NCc1ccn[nH]1)c1cc([C@@H]2CCNC[C@H]2COc2ccc3[nH]ncc3c2)ccc1F. The third-order valence-electron chi connectivity index (χ3n) is 6.14. The van der Waals surface area contributed by atoms with Crippen molar-refractivity contribution in [3.8, 4) is 5.75 Å². The van der Waals surface area contributed by atoms with E-state index in [1.807, 2.05) is 18.2 Å². The molecule has 4 aromatic rings. The van der Waals surface area contributed by atoms with Crippen LogP contribution < -0.4 is 15.4 Å². The largest absolute Gasteiger partial charge is 0.493 e. The molecule has 8 nitrogen and oxygen atoms in total. The van der Waals surface area contributed by atoms with Crippen molar-refractivity contribution in [2.75, 3.05) is 19.7 Å². The summed E-state index contributed by atoms with van der Waals surface area (Å²) < 4.78 is 20.6. The van der Waals surface area contributed by atoms with Gasteiger partial charge in [0.2, 0.25) is 0 Å². The van der Waals surface area contributed by atoms with Gasteiger partial charge in [-0.3, -0.25) is 15.0 Å². The summed E-state index contributed by atoms with van der Waals surface area (Å²) in [6, 6.07) is 12.4. The van der Waals surface area contributed by atoms with E-state index >= 15 is 0 Å². The highest BCUT2D eigenvalue weighted by molar-refractivity contribution is 5.94.